The maximum atomic E-state index is 14.3. The molecule has 0 bridgehead atoms. The second kappa shape index (κ2) is 37.9. The lowest BCUT2D eigenvalue weighted by atomic mass is 10.0. The van der Waals surface area contributed by atoms with Crippen LogP contribution in [-0.4, -0.2) is 204 Å². The van der Waals surface area contributed by atoms with Gasteiger partial charge in [-0.2, -0.15) is 0 Å². The summed E-state index contributed by atoms with van der Waals surface area (Å²) in [5, 5.41) is 68.6. The summed E-state index contributed by atoms with van der Waals surface area (Å²) < 4.78 is 0. The molecule has 0 aromatic heterocycles. The van der Waals surface area contributed by atoms with Crippen LogP contribution in [0.1, 0.15) is 97.0 Å². The number of rotatable bonds is 27. The lowest BCUT2D eigenvalue weighted by Crippen LogP contribution is -2.62. The predicted octanol–water partition coefficient (Wildman–Crippen LogP) is -7.90. The van der Waals surface area contributed by atoms with Gasteiger partial charge in [0.25, 0.3) is 0 Å². The molecular formula is C51H87N15O15. The first-order valence-corrected chi connectivity index (χ1v) is 27.3. The Balaban J connectivity index is 2.61. The van der Waals surface area contributed by atoms with E-state index in [2.05, 4.69) is 58.5 Å². The van der Waals surface area contributed by atoms with Crippen LogP contribution in [0.3, 0.4) is 0 Å². The fourth-order valence-electron chi connectivity index (χ4n) is 8.28. The van der Waals surface area contributed by atoms with Gasteiger partial charge in [0.2, 0.25) is 65.0 Å². The summed E-state index contributed by atoms with van der Waals surface area (Å²) in [6.45, 7) is 1.02. The largest absolute Gasteiger partial charge is 0.394 e. The van der Waals surface area contributed by atoms with Crippen LogP contribution in [0.4, 0.5) is 0 Å². The number of carbonyl (C=O) groups is 11. The van der Waals surface area contributed by atoms with Gasteiger partial charge in [0.1, 0.15) is 60.4 Å². The molecular weight excluding hydrogens is 1060 g/mol. The third-order valence-electron chi connectivity index (χ3n) is 12.9. The van der Waals surface area contributed by atoms with E-state index < -0.39 is 164 Å². The Kier molecular flexibility index (Phi) is 32.8. The molecule has 1 saturated heterocycles. The molecule has 11 amide bonds. The lowest BCUT2D eigenvalue weighted by molar-refractivity contribution is -0.137. The van der Waals surface area contributed by atoms with Gasteiger partial charge in [-0.05, 0) is 84.1 Å². The van der Waals surface area contributed by atoms with E-state index in [0.717, 1.165) is 39.5 Å². The Bertz CT molecular complexity index is 2210. The zero-order chi connectivity index (χ0) is 60.6. The highest BCUT2D eigenvalue weighted by molar-refractivity contribution is 5.99. The molecule has 1 aromatic rings. The standard InChI is InChI=1S/C51H87N15O15/c1-4-5-6-7-11-14-39(71)57-31(15-20-52)45(75)66-41(29(3)70)51(81)64-38(27-68)49(79)61-35-19-24-56-50(80)40(28(2)69)65-46(76)34(18-23-55)59-42(72)32(16-21-53)60-48(78)37(26-67)63-47(77)36(25-30-12-9-8-10-13-30)62-43(73)33(17-22-54)58-44(35)74/h8-10,12-13,28-29,31-38,40-41,67-70H,4-7,11,14-27,52-55H2,1-3H3,(H,56,80)(H,57,71)(H,58,74)(H,59,72)(H,60,78)(H,61,79)(H,62,73)(H,63,77)(H,64,81)(H,65,76)(H,66,75)/t28-,29-,31+,32+,33+,34+,35+,36-,37+,38?,40+,41+/m1/s1. The quantitative estimate of drug-likeness (QED) is 0.0364. The molecule has 2 rings (SSSR count). The summed E-state index contributed by atoms with van der Waals surface area (Å²) in [6, 6.07) is -7.93. The molecule has 1 heterocycles. The van der Waals surface area contributed by atoms with Crippen molar-refractivity contribution >= 4 is 65.0 Å². The van der Waals surface area contributed by atoms with Crippen molar-refractivity contribution in [2.75, 3.05) is 45.9 Å². The smallest absolute Gasteiger partial charge is 0.245 e. The minimum Gasteiger partial charge on any atom is -0.394 e. The van der Waals surface area contributed by atoms with Crippen LogP contribution < -0.4 is 81.4 Å². The second-order valence-electron chi connectivity index (χ2n) is 19.6. The number of nitrogens with one attached hydrogen (secondary N) is 11. The highest BCUT2D eigenvalue weighted by atomic mass is 16.3. The molecule has 23 N–H and O–H groups in total. The van der Waals surface area contributed by atoms with Crippen molar-refractivity contribution in [3.8, 4) is 0 Å². The molecule has 1 aliphatic rings. The van der Waals surface area contributed by atoms with Crippen molar-refractivity contribution in [3.63, 3.8) is 0 Å². The number of aliphatic hydroxyl groups excluding tert-OH is 4. The van der Waals surface area contributed by atoms with Crippen LogP contribution in [0.15, 0.2) is 30.3 Å². The van der Waals surface area contributed by atoms with E-state index in [0.29, 0.717) is 12.0 Å². The van der Waals surface area contributed by atoms with Crippen molar-refractivity contribution in [2.45, 2.75) is 170 Å². The number of unbranched alkanes of at least 4 members (excludes halogenated alkanes) is 4. The van der Waals surface area contributed by atoms with Crippen LogP contribution in [0.5, 0.6) is 0 Å². The first-order chi connectivity index (χ1) is 38.6. The van der Waals surface area contributed by atoms with E-state index in [-0.39, 0.29) is 64.7 Å². The molecule has 456 valence electrons. The number of hydrogen-bond donors (Lipinski definition) is 19. The minimum absolute atomic E-state index is 0.0464. The van der Waals surface area contributed by atoms with E-state index in [1.54, 1.807) is 30.3 Å². The molecule has 1 aliphatic heterocycles. The van der Waals surface area contributed by atoms with Crippen LogP contribution in [0.25, 0.3) is 0 Å². The number of hydrogen-bond acceptors (Lipinski definition) is 19. The summed E-state index contributed by atoms with van der Waals surface area (Å²) in [4.78, 5) is 151. The van der Waals surface area contributed by atoms with E-state index in [1.165, 1.54) is 0 Å². The summed E-state index contributed by atoms with van der Waals surface area (Å²) in [6.07, 6.45) is -0.338. The lowest BCUT2D eigenvalue weighted by Gasteiger charge is -2.28. The molecule has 1 fully saturated rings. The van der Waals surface area contributed by atoms with E-state index in [4.69, 9.17) is 22.9 Å². The highest BCUT2D eigenvalue weighted by Gasteiger charge is 2.37. The SMILES string of the molecule is CCCCCCCC(=O)N[C@@H](CCN)C(=O)N[C@H](C(=O)NC(CO)C(=O)N[C@H]1CCNC(=O)[C@H]([C@@H](C)O)NC(=O)[C@H](CCN)NC(=O)[C@H](CCN)NC(=O)[C@H](CO)NC(=O)[C@@H](Cc2ccccc2)NC(=O)[C@H](CCN)NC1=O)[C@@H](C)O. The maximum absolute atomic E-state index is 14.3. The average molecular weight is 1150 g/mol. The zero-order valence-corrected chi connectivity index (χ0v) is 46.3. The monoisotopic (exact) mass is 1150 g/mol. The number of nitrogens with two attached hydrogens (primary N) is 4. The Morgan fingerprint density at radius 1 is 0.593 bits per heavy atom. The molecule has 0 aliphatic carbocycles. The Morgan fingerprint density at radius 2 is 1.11 bits per heavy atom. The van der Waals surface area contributed by atoms with Gasteiger partial charge in [-0.1, -0.05) is 62.9 Å². The highest BCUT2D eigenvalue weighted by Crippen LogP contribution is 2.10. The molecule has 81 heavy (non-hydrogen) atoms. The Labute approximate surface area is 470 Å². The van der Waals surface area contributed by atoms with Gasteiger partial charge < -0.3 is 102 Å². The number of benzene rings is 1. The van der Waals surface area contributed by atoms with Crippen molar-refractivity contribution in [1.82, 2.24) is 58.5 Å². The van der Waals surface area contributed by atoms with Gasteiger partial charge in [0, 0.05) is 19.4 Å². The number of carbonyl (C=O) groups excluding carboxylic acids is 11. The minimum atomic E-state index is -1.91. The summed E-state index contributed by atoms with van der Waals surface area (Å²) >= 11 is 0. The van der Waals surface area contributed by atoms with E-state index in [9.17, 15) is 73.2 Å². The van der Waals surface area contributed by atoms with Gasteiger partial charge in [-0.3, -0.25) is 52.7 Å². The molecule has 1 aromatic carbocycles. The van der Waals surface area contributed by atoms with Crippen LogP contribution >= 0.6 is 0 Å². The van der Waals surface area contributed by atoms with Gasteiger partial charge in [-0.25, -0.2) is 0 Å². The van der Waals surface area contributed by atoms with Gasteiger partial charge in [0.05, 0.1) is 25.4 Å². The summed E-state index contributed by atoms with van der Waals surface area (Å²) in [5.74, 6) is -11.0. The second-order valence-corrected chi connectivity index (χ2v) is 19.6. The van der Waals surface area contributed by atoms with Crippen LogP contribution in [0, 0.1) is 0 Å². The third kappa shape index (κ3) is 24.8. The fraction of sp³-hybridized carbons (Fsp3) is 0.667. The molecule has 0 saturated carbocycles. The maximum Gasteiger partial charge on any atom is 0.245 e. The normalized spacial score (nSPS) is 23.0. The molecule has 12 atom stereocenters. The fourth-order valence-corrected chi connectivity index (χ4v) is 8.28. The van der Waals surface area contributed by atoms with Crippen LogP contribution in [-0.2, 0) is 59.2 Å². The molecule has 0 radical (unpaired) electrons. The van der Waals surface area contributed by atoms with E-state index >= 15 is 0 Å². The van der Waals surface area contributed by atoms with Crippen molar-refractivity contribution in [2.24, 2.45) is 22.9 Å². The number of aliphatic hydroxyl groups is 4. The molecule has 0 spiro atoms. The number of amides is 11. The molecule has 1 unspecified atom stereocenters. The third-order valence-corrected chi connectivity index (χ3v) is 12.9. The Morgan fingerprint density at radius 3 is 1.63 bits per heavy atom. The first-order valence-electron chi connectivity index (χ1n) is 27.3. The van der Waals surface area contributed by atoms with Crippen LogP contribution in [0.2, 0.25) is 0 Å². The van der Waals surface area contributed by atoms with E-state index in [1.807, 2.05) is 6.92 Å². The summed E-state index contributed by atoms with van der Waals surface area (Å²) in [7, 11) is 0. The summed E-state index contributed by atoms with van der Waals surface area (Å²) in [5.41, 5.74) is 23.6. The van der Waals surface area contributed by atoms with Gasteiger partial charge >= 0.3 is 0 Å². The topological polar surface area (TPSA) is 505 Å². The predicted molar refractivity (Wildman–Crippen MR) is 293 cm³/mol. The zero-order valence-electron chi connectivity index (χ0n) is 46.3. The molecule has 30 heteroatoms. The first kappa shape index (κ1) is 70.2. The van der Waals surface area contributed by atoms with Gasteiger partial charge in [-0.15, -0.1) is 0 Å². The molecule has 30 nitrogen and oxygen atoms in total. The van der Waals surface area contributed by atoms with Crippen molar-refractivity contribution in [1.29, 1.82) is 0 Å². The average Bonchev–Trinajstić information content (AvgIpc) is 3.43. The Hall–Kier alpha value is -6.93. The van der Waals surface area contributed by atoms with Gasteiger partial charge in [0.15, 0.2) is 0 Å². The van der Waals surface area contributed by atoms with Crippen molar-refractivity contribution < 1.29 is 73.2 Å². The van der Waals surface area contributed by atoms with Crippen molar-refractivity contribution in [3.05, 3.63) is 35.9 Å².